The largest absolute Gasteiger partial charge is 0.385 e. The number of amides is 1. The molecule has 2 N–H and O–H groups in total. The Labute approximate surface area is 119 Å². The minimum Gasteiger partial charge on any atom is -0.385 e. The summed E-state index contributed by atoms with van der Waals surface area (Å²) in [5.74, 6) is 0.414. The molecule has 0 spiro atoms. The van der Waals surface area contributed by atoms with Crippen LogP contribution in [0.3, 0.4) is 0 Å². The first kappa shape index (κ1) is 14.1. The van der Waals surface area contributed by atoms with Crippen molar-refractivity contribution >= 4 is 17.4 Å². The molecule has 2 aromatic rings. The van der Waals surface area contributed by atoms with Crippen LogP contribution in [0, 0.1) is 13.8 Å². The van der Waals surface area contributed by atoms with Crippen LogP contribution in [-0.2, 0) is 0 Å². The fourth-order valence-corrected chi connectivity index (χ4v) is 1.99. The molecule has 1 heterocycles. The molecule has 1 aromatic heterocycles. The van der Waals surface area contributed by atoms with Crippen molar-refractivity contribution in [3.05, 3.63) is 53.2 Å². The summed E-state index contributed by atoms with van der Waals surface area (Å²) in [7, 11) is 0. The molecule has 0 aliphatic rings. The highest BCUT2D eigenvalue weighted by Gasteiger charge is 2.12. The van der Waals surface area contributed by atoms with E-state index < -0.39 is 0 Å². The zero-order valence-corrected chi connectivity index (χ0v) is 12.0. The molecule has 20 heavy (non-hydrogen) atoms. The topological polar surface area (TPSA) is 54.0 Å². The molecule has 0 unspecified atom stereocenters. The van der Waals surface area contributed by atoms with Gasteiger partial charge in [-0.25, -0.2) is 4.98 Å². The van der Waals surface area contributed by atoms with E-state index in [1.54, 1.807) is 6.07 Å². The molecule has 0 aliphatic heterocycles. The summed E-state index contributed by atoms with van der Waals surface area (Å²) in [4.78, 5) is 16.6. The third-order valence-electron chi connectivity index (χ3n) is 2.92. The maximum absolute atomic E-state index is 12.3. The fraction of sp³-hybridized carbons (Fsp3) is 0.250. The van der Waals surface area contributed by atoms with E-state index in [0.29, 0.717) is 11.4 Å². The highest BCUT2D eigenvalue weighted by atomic mass is 16.1. The number of rotatable bonds is 4. The van der Waals surface area contributed by atoms with Gasteiger partial charge in [0.2, 0.25) is 0 Å². The summed E-state index contributed by atoms with van der Waals surface area (Å²) in [6, 6.07) is 11.3. The quantitative estimate of drug-likeness (QED) is 0.894. The lowest BCUT2D eigenvalue weighted by Gasteiger charge is -2.12. The Bertz CT molecular complexity index is 623. The Balaban J connectivity index is 2.24. The summed E-state index contributed by atoms with van der Waals surface area (Å²) in [6.45, 7) is 6.68. The van der Waals surface area contributed by atoms with Crippen molar-refractivity contribution in [2.75, 3.05) is 17.2 Å². The van der Waals surface area contributed by atoms with Crippen LogP contribution in [0.15, 0.2) is 36.4 Å². The van der Waals surface area contributed by atoms with Gasteiger partial charge in [0.1, 0.15) is 5.82 Å². The fourth-order valence-electron chi connectivity index (χ4n) is 1.99. The summed E-state index contributed by atoms with van der Waals surface area (Å²) in [5, 5.41) is 6.04. The molecule has 0 radical (unpaired) electrons. The molecule has 1 aromatic carbocycles. The Morgan fingerprint density at radius 1 is 1.20 bits per heavy atom. The van der Waals surface area contributed by atoms with Gasteiger partial charge in [0.15, 0.2) is 0 Å². The number of nitrogens with one attached hydrogen (secondary N) is 2. The second-order valence-corrected chi connectivity index (χ2v) is 4.70. The van der Waals surface area contributed by atoms with Crippen molar-refractivity contribution < 1.29 is 4.79 Å². The highest BCUT2D eigenvalue weighted by Crippen LogP contribution is 2.19. The first-order chi connectivity index (χ1) is 9.60. The Hall–Kier alpha value is -2.36. The van der Waals surface area contributed by atoms with Gasteiger partial charge in [-0.15, -0.1) is 0 Å². The first-order valence-electron chi connectivity index (χ1n) is 6.69. The number of anilines is 2. The SMILES string of the molecule is CCNc1cc(C)ccc1C(=O)Nc1cccc(C)n1. The van der Waals surface area contributed by atoms with Crippen molar-refractivity contribution in [2.45, 2.75) is 20.8 Å². The molecule has 1 amide bonds. The van der Waals surface area contributed by atoms with Gasteiger partial charge in [-0.3, -0.25) is 4.79 Å². The summed E-state index contributed by atoms with van der Waals surface area (Å²) in [5.41, 5.74) is 3.46. The van der Waals surface area contributed by atoms with Crippen LogP contribution >= 0.6 is 0 Å². The lowest BCUT2D eigenvalue weighted by atomic mass is 10.1. The molecule has 4 nitrogen and oxygen atoms in total. The van der Waals surface area contributed by atoms with Crippen LogP contribution in [0.4, 0.5) is 11.5 Å². The molecular weight excluding hydrogens is 250 g/mol. The van der Waals surface area contributed by atoms with Crippen LogP contribution in [-0.4, -0.2) is 17.4 Å². The van der Waals surface area contributed by atoms with E-state index in [1.165, 1.54) is 0 Å². The maximum atomic E-state index is 12.3. The normalized spacial score (nSPS) is 10.2. The van der Waals surface area contributed by atoms with Crippen molar-refractivity contribution in [1.82, 2.24) is 4.98 Å². The molecule has 0 saturated heterocycles. The van der Waals surface area contributed by atoms with Crippen LogP contribution in [0.2, 0.25) is 0 Å². The van der Waals surface area contributed by atoms with E-state index in [9.17, 15) is 4.79 Å². The van der Waals surface area contributed by atoms with E-state index in [-0.39, 0.29) is 5.91 Å². The number of hydrogen-bond donors (Lipinski definition) is 2. The van der Waals surface area contributed by atoms with Crippen molar-refractivity contribution in [3.63, 3.8) is 0 Å². The number of aromatic nitrogens is 1. The van der Waals surface area contributed by atoms with Crippen LogP contribution in [0.25, 0.3) is 0 Å². The third kappa shape index (κ3) is 3.35. The standard InChI is InChI=1S/C16H19N3O/c1-4-17-14-10-11(2)8-9-13(14)16(20)19-15-7-5-6-12(3)18-15/h5-10,17H,4H2,1-3H3,(H,18,19,20). The molecule has 0 aliphatic carbocycles. The van der Waals surface area contributed by atoms with E-state index in [2.05, 4.69) is 15.6 Å². The number of benzene rings is 1. The number of aryl methyl sites for hydroxylation is 2. The Kier molecular flexibility index (Phi) is 4.35. The zero-order valence-electron chi connectivity index (χ0n) is 12.0. The smallest absolute Gasteiger partial charge is 0.258 e. The summed E-state index contributed by atoms with van der Waals surface area (Å²) in [6.07, 6.45) is 0. The summed E-state index contributed by atoms with van der Waals surface area (Å²) >= 11 is 0. The Morgan fingerprint density at radius 3 is 2.70 bits per heavy atom. The molecule has 0 bridgehead atoms. The number of carbonyl (C=O) groups excluding carboxylic acids is 1. The zero-order chi connectivity index (χ0) is 14.5. The maximum Gasteiger partial charge on any atom is 0.258 e. The monoisotopic (exact) mass is 269 g/mol. The average Bonchev–Trinajstić information content (AvgIpc) is 2.39. The minimum absolute atomic E-state index is 0.154. The number of hydrogen-bond acceptors (Lipinski definition) is 3. The molecule has 4 heteroatoms. The van der Waals surface area contributed by atoms with Crippen molar-refractivity contribution in [2.24, 2.45) is 0 Å². The molecule has 0 fully saturated rings. The van der Waals surface area contributed by atoms with Gasteiger partial charge < -0.3 is 10.6 Å². The lowest BCUT2D eigenvalue weighted by Crippen LogP contribution is -2.15. The van der Waals surface area contributed by atoms with Crippen LogP contribution in [0.5, 0.6) is 0 Å². The number of pyridine rings is 1. The van der Waals surface area contributed by atoms with Crippen molar-refractivity contribution in [3.8, 4) is 0 Å². The third-order valence-corrected chi connectivity index (χ3v) is 2.92. The van der Waals surface area contributed by atoms with Gasteiger partial charge in [-0.05, 0) is 50.6 Å². The van der Waals surface area contributed by atoms with Gasteiger partial charge in [0, 0.05) is 17.9 Å². The second-order valence-electron chi connectivity index (χ2n) is 4.70. The molecule has 0 atom stereocenters. The second kappa shape index (κ2) is 6.19. The number of carbonyl (C=O) groups is 1. The molecule has 2 rings (SSSR count). The molecule has 0 saturated carbocycles. The van der Waals surface area contributed by atoms with Crippen LogP contribution < -0.4 is 10.6 Å². The average molecular weight is 269 g/mol. The first-order valence-corrected chi connectivity index (χ1v) is 6.69. The van der Waals surface area contributed by atoms with E-state index in [1.807, 2.05) is 51.1 Å². The van der Waals surface area contributed by atoms with Gasteiger partial charge in [-0.1, -0.05) is 12.1 Å². The van der Waals surface area contributed by atoms with Gasteiger partial charge in [0.25, 0.3) is 5.91 Å². The van der Waals surface area contributed by atoms with E-state index >= 15 is 0 Å². The van der Waals surface area contributed by atoms with Crippen LogP contribution in [0.1, 0.15) is 28.5 Å². The van der Waals surface area contributed by atoms with E-state index in [4.69, 9.17) is 0 Å². The van der Waals surface area contributed by atoms with E-state index in [0.717, 1.165) is 23.5 Å². The number of nitrogens with zero attached hydrogens (tertiary/aromatic N) is 1. The van der Waals surface area contributed by atoms with Gasteiger partial charge in [0.05, 0.1) is 5.56 Å². The Morgan fingerprint density at radius 2 is 2.00 bits per heavy atom. The lowest BCUT2D eigenvalue weighted by molar-refractivity contribution is 0.102. The van der Waals surface area contributed by atoms with Crippen molar-refractivity contribution in [1.29, 1.82) is 0 Å². The predicted octanol–water partition coefficient (Wildman–Crippen LogP) is 3.38. The molecular formula is C16H19N3O. The van der Waals surface area contributed by atoms with Gasteiger partial charge in [-0.2, -0.15) is 0 Å². The summed E-state index contributed by atoms with van der Waals surface area (Å²) < 4.78 is 0. The highest BCUT2D eigenvalue weighted by molar-refractivity contribution is 6.07. The predicted molar refractivity (Wildman–Crippen MR) is 82.3 cm³/mol. The molecule has 104 valence electrons. The minimum atomic E-state index is -0.154. The van der Waals surface area contributed by atoms with Gasteiger partial charge >= 0.3 is 0 Å².